The number of carbonyl (C=O) groups is 1. The second kappa shape index (κ2) is 6.96. The highest BCUT2D eigenvalue weighted by Gasteiger charge is 2.34. The molecule has 1 aliphatic rings. The molecule has 1 atom stereocenters. The first-order valence-corrected chi connectivity index (χ1v) is 8.07. The average molecular weight is 358 g/mol. The van der Waals surface area contributed by atoms with Crippen LogP contribution in [0.15, 0.2) is 27.6 Å². The van der Waals surface area contributed by atoms with Crippen LogP contribution in [0.3, 0.4) is 0 Å². The lowest BCUT2D eigenvalue weighted by Crippen LogP contribution is -2.42. The fourth-order valence-electron chi connectivity index (χ4n) is 2.34. The Morgan fingerprint density at radius 2 is 2.25 bits per heavy atom. The molecule has 0 aromatic heterocycles. The summed E-state index contributed by atoms with van der Waals surface area (Å²) in [7, 11) is 1.66. The number of nitrogens with zero attached hydrogens (tertiary/aromatic N) is 1. The number of hydrogen-bond acceptors (Lipinski definition) is 3. The van der Waals surface area contributed by atoms with Crippen molar-refractivity contribution >= 4 is 34.5 Å². The van der Waals surface area contributed by atoms with Gasteiger partial charge in [-0.15, -0.1) is 12.6 Å². The number of rotatable bonds is 6. The third-order valence-electron chi connectivity index (χ3n) is 3.77. The molecular weight excluding hydrogens is 338 g/mol. The molecular formula is C15H20BrNO2S. The smallest absolute Gasteiger partial charge is 0.255 e. The maximum absolute atomic E-state index is 12.8. The van der Waals surface area contributed by atoms with E-state index in [1.807, 2.05) is 23.1 Å². The SMILES string of the molecule is COCCN(C(=O)c1cc(S)ccc1Br)C(C)C1CC1. The Kier molecular flexibility index (Phi) is 5.52. The molecule has 1 unspecified atom stereocenters. The summed E-state index contributed by atoms with van der Waals surface area (Å²) < 4.78 is 5.95. The predicted molar refractivity (Wildman–Crippen MR) is 86.5 cm³/mol. The molecule has 0 N–H and O–H groups in total. The highest BCUT2D eigenvalue weighted by atomic mass is 79.9. The lowest BCUT2D eigenvalue weighted by molar-refractivity contribution is 0.0593. The normalized spacial score (nSPS) is 16.0. The zero-order valence-corrected chi connectivity index (χ0v) is 14.3. The van der Waals surface area contributed by atoms with Crippen LogP contribution in [0, 0.1) is 5.92 Å². The number of amides is 1. The van der Waals surface area contributed by atoms with Crippen LogP contribution in [0.4, 0.5) is 0 Å². The van der Waals surface area contributed by atoms with Crippen LogP contribution in [-0.2, 0) is 4.74 Å². The van der Waals surface area contributed by atoms with Crippen LogP contribution < -0.4 is 0 Å². The Morgan fingerprint density at radius 3 is 2.85 bits per heavy atom. The number of ether oxygens (including phenoxy) is 1. The molecule has 0 saturated heterocycles. The number of halogens is 1. The summed E-state index contributed by atoms with van der Waals surface area (Å²) in [5.74, 6) is 0.679. The van der Waals surface area contributed by atoms with E-state index < -0.39 is 0 Å². The van der Waals surface area contributed by atoms with Crippen molar-refractivity contribution in [2.75, 3.05) is 20.3 Å². The molecule has 0 radical (unpaired) electrons. The first-order chi connectivity index (χ1) is 9.54. The summed E-state index contributed by atoms with van der Waals surface area (Å²) in [4.78, 5) is 15.5. The van der Waals surface area contributed by atoms with Crippen molar-refractivity contribution in [1.82, 2.24) is 4.90 Å². The number of benzene rings is 1. The molecule has 0 aliphatic heterocycles. The predicted octanol–water partition coefficient (Wildman–Crippen LogP) is 3.62. The van der Waals surface area contributed by atoms with Gasteiger partial charge >= 0.3 is 0 Å². The zero-order valence-electron chi connectivity index (χ0n) is 11.8. The fraction of sp³-hybridized carbons (Fsp3) is 0.533. The molecule has 1 amide bonds. The van der Waals surface area contributed by atoms with E-state index in [2.05, 4.69) is 35.5 Å². The van der Waals surface area contributed by atoms with E-state index in [1.54, 1.807) is 7.11 Å². The van der Waals surface area contributed by atoms with E-state index in [1.165, 1.54) is 12.8 Å². The summed E-state index contributed by atoms with van der Waals surface area (Å²) in [6, 6.07) is 5.81. The van der Waals surface area contributed by atoms with Crippen LogP contribution >= 0.6 is 28.6 Å². The second-order valence-electron chi connectivity index (χ2n) is 5.23. The summed E-state index contributed by atoms with van der Waals surface area (Å²) >= 11 is 7.78. The highest BCUT2D eigenvalue weighted by Crippen LogP contribution is 2.36. The highest BCUT2D eigenvalue weighted by molar-refractivity contribution is 9.10. The van der Waals surface area contributed by atoms with Gasteiger partial charge in [0.15, 0.2) is 0 Å². The number of methoxy groups -OCH3 is 1. The molecule has 1 aliphatic carbocycles. The fourth-order valence-corrected chi connectivity index (χ4v) is 2.96. The van der Waals surface area contributed by atoms with Crippen molar-refractivity contribution in [1.29, 1.82) is 0 Å². The molecule has 2 rings (SSSR count). The van der Waals surface area contributed by atoms with Gasteiger partial charge in [0.2, 0.25) is 0 Å². The van der Waals surface area contributed by atoms with Gasteiger partial charge in [-0.05, 0) is 59.8 Å². The lowest BCUT2D eigenvalue weighted by Gasteiger charge is -2.29. The molecule has 5 heteroatoms. The van der Waals surface area contributed by atoms with Gasteiger partial charge in [-0.25, -0.2) is 0 Å². The summed E-state index contributed by atoms with van der Waals surface area (Å²) in [5.41, 5.74) is 0.668. The van der Waals surface area contributed by atoms with Crippen molar-refractivity contribution in [2.24, 2.45) is 5.92 Å². The Balaban J connectivity index is 2.22. The van der Waals surface area contributed by atoms with Gasteiger partial charge in [-0.3, -0.25) is 4.79 Å². The van der Waals surface area contributed by atoms with Gasteiger partial charge in [0, 0.05) is 29.1 Å². The largest absolute Gasteiger partial charge is 0.383 e. The molecule has 1 saturated carbocycles. The minimum absolute atomic E-state index is 0.0456. The van der Waals surface area contributed by atoms with Gasteiger partial charge < -0.3 is 9.64 Å². The zero-order chi connectivity index (χ0) is 14.7. The van der Waals surface area contributed by atoms with Gasteiger partial charge in [0.05, 0.1) is 12.2 Å². The van der Waals surface area contributed by atoms with Crippen LogP contribution in [0.2, 0.25) is 0 Å². The molecule has 0 spiro atoms. The quantitative estimate of drug-likeness (QED) is 0.787. The Morgan fingerprint density at radius 1 is 1.55 bits per heavy atom. The van der Waals surface area contributed by atoms with E-state index in [9.17, 15) is 4.79 Å². The Labute approximate surface area is 134 Å². The molecule has 1 fully saturated rings. The van der Waals surface area contributed by atoms with Crippen LogP contribution in [-0.4, -0.2) is 37.1 Å². The third kappa shape index (κ3) is 3.77. The molecule has 0 heterocycles. The summed E-state index contributed by atoms with van der Waals surface area (Å²) in [6.45, 7) is 3.31. The molecule has 1 aromatic carbocycles. The maximum Gasteiger partial charge on any atom is 0.255 e. The van der Waals surface area contributed by atoms with Crippen LogP contribution in [0.5, 0.6) is 0 Å². The van der Waals surface area contributed by atoms with Gasteiger partial charge in [0.1, 0.15) is 0 Å². The Hall–Kier alpha value is -0.520. The third-order valence-corrected chi connectivity index (χ3v) is 4.74. The van der Waals surface area contributed by atoms with Crippen molar-refractivity contribution < 1.29 is 9.53 Å². The van der Waals surface area contributed by atoms with E-state index in [-0.39, 0.29) is 11.9 Å². The Bertz CT molecular complexity index is 491. The van der Waals surface area contributed by atoms with E-state index in [0.29, 0.717) is 24.6 Å². The molecule has 20 heavy (non-hydrogen) atoms. The van der Waals surface area contributed by atoms with E-state index in [4.69, 9.17) is 4.74 Å². The van der Waals surface area contributed by atoms with Gasteiger partial charge in [0.25, 0.3) is 5.91 Å². The topological polar surface area (TPSA) is 29.5 Å². The van der Waals surface area contributed by atoms with Crippen LogP contribution in [0.25, 0.3) is 0 Å². The summed E-state index contributed by atoms with van der Waals surface area (Å²) in [6.07, 6.45) is 2.43. The average Bonchev–Trinajstić information content (AvgIpc) is 3.26. The van der Waals surface area contributed by atoms with Gasteiger partial charge in [-0.2, -0.15) is 0 Å². The molecule has 110 valence electrons. The molecule has 3 nitrogen and oxygen atoms in total. The summed E-state index contributed by atoms with van der Waals surface area (Å²) in [5, 5.41) is 0. The second-order valence-corrected chi connectivity index (χ2v) is 6.60. The van der Waals surface area contributed by atoms with Crippen LogP contribution in [0.1, 0.15) is 30.1 Å². The molecule has 0 bridgehead atoms. The standard InChI is InChI=1S/C15H20BrNO2S/c1-10(11-3-4-11)17(7-8-19-2)15(18)13-9-12(20)5-6-14(13)16/h5-6,9-11,20H,3-4,7-8H2,1-2H3. The number of carbonyl (C=O) groups excluding carboxylic acids is 1. The van der Waals surface area contributed by atoms with Crippen molar-refractivity contribution in [3.63, 3.8) is 0 Å². The first kappa shape index (κ1) is 15.9. The van der Waals surface area contributed by atoms with Gasteiger partial charge in [-0.1, -0.05) is 0 Å². The number of hydrogen-bond donors (Lipinski definition) is 1. The van der Waals surface area contributed by atoms with E-state index >= 15 is 0 Å². The van der Waals surface area contributed by atoms with Crippen molar-refractivity contribution in [3.05, 3.63) is 28.2 Å². The maximum atomic E-state index is 12.8. The molecule has 1 aromatic rings. The minimum Gasteiger partial charge on any atom is -0.383 e. The van der Waals surface area contributed by atoms with E-state index in [0.717, 1.165) is 9.37 Å². The van der Waals surface area contributed by atoms with Crippen molar-refractivity contribution in [3.8, 4) is 0 Å². The minimum atomic E-state index is 0.0456. The monoisotopic (exact) mass is 357 g/mol. The van der Waals surface area contributed by atoms with Crippen molar-refractivity contribution in [2.45, 2.75) is 30.7 Å². The lowest BCUT2D eigenvalue weighted by atomic mass is 10.1. The number of thiol groups is 1. The first-order valence-electron chi connectivity index (χ1n) is 6.83.